The van der Waals surface area contributed by atoms with Crippen LogP contribution in [0, 0.1) is 17.8 Å². The zero-order chi connectivity index (χ0) is 12.7. The van der Waals surface area contributed by atoms with Crippen LogP contribution in [0.25, 0.3) is 0 Å². The molecule has 1 heterocycles. The summed E-state index contributed by atoms with van der Waals surface area (Å²) in [6.07, 6.45) is 7.38. The Kier molecular flexibility index (Phi) is 3.68. The molecule has 2 bridgehead atoms. The standard InChI is InChI=1S/C16H30N2/c1-4-11(2)15-10-18(12(3)9-17-15)16-8-13-5-6-14(16)7-13/h11-17H,4-10H2,1-3H3. The van der Waals surface area contributed by atoms with Crippen molar-refractivity contribution >= 4 is 0 Å². The molecule has 1 aliphatic heterocycles. The highest BCUT2D eigenvalue weighted by Gasteiger charge is 2.44. The van der Waals surface area contributed by atoms with Gasteiger partial charge in [0.15, 0.2) is 0 Å². The molecule has 0 amide bonds. The molecule has 6 atom stereocenters. The van der Waals surface area contributed by atoms with Crippen LogP contribution in [0.1, 0.15) is 52.9 Å². The summed E-state index contributed by atoms with van der Waals surface area (Å²) in [5.41, 5.74) is 0. The Bertz CT molecular complexity index is 291. The number of fused-ring (bicyclic) bond motifs is 2. The number of hydrogen-bond acceptors (Lipinski definition) is 2. The molecule has 1 saturated heterocycles. The second kappa shape index (κ2) is 5.13. The van der Waals surface area contributed by atoms with Crippen molar-refractivity contribution in [1.29, 1.82) is 0 Å². The van der Waals surface area contributed by atoms with Gasteiger partial charge in [-0.15, -0.1) is 0 Å². The quantitative estimate of drug-likeness (QED) is 0.828. The molecule has 0 spiro atoms. The van der Waals surface area contributed by atoms with Gasteiger partial charge in [0.25, 0.3) is 0 Å². The van der Waals surface area contributed by atoms with E-state index in [-0.39, 0.29) is 0 Å². The lowest BCUT2D eigenvalue weighted by atomic mass is 9.89. The van der Waals surface area contributed by atoms with Gasteiger partial charge in [0, 0.05) is 31.2 Å². The zero-order valence-electron chi connectivity index (χ0n) is 12.4. The van der Waals surface area contributed by atoms with Crippen LogP contribution in [0.4, 0.5) is 0 Å². The molecule has 0 aromatic rings. The first-order valence-electron chi connectivity index (χ1n) is 8.18. The first-order chi connectivity index (χ1) is 8.69. The summed E-state index contributed by atoms with van der Waals surface area (Å²) in [6.45, 7) is 9.65. The molecular formula is C16H30N2. The lowest BCUT2D eigenvalue weighted by Crippen LogP contribution is -2.60. The van der Waals surface area contributed by atoms with Crippen molar-refractivity contribution in [2.45, 2.75) is 71.0 Å². The number of rotatable bonds is 3. The lowest BCUT2D eigenvalue weighted by molar-refractivity contribution is 0.0490. The molecule has 2 aliphatic carbocycles. The van der Waals surface area contributed by atoms with Crippen molar-refractivity contribution in [3.05, 3.63) is 0 Å². The zero-order valence-corrected chi connectivity index (χ0v) is 12.4. The van der Waals surface area contributed by atoms with Crippen molar-refractivity contribution in [1.82, 2.24) is 10.2 Å². The summed E-state index contributed by atoms with van der Waals surface area (Å²) in [4.78, 5) is 2.87. The van der Waals surface area contributed by atoms with Crippen LogP contribution in [0.15, 0.2) is 0 Å². The molecule has 6 unspecified atom stereocenters. The highest BCUT2D eigenvalue weighted by atomic mass is 15.3. The van der Waals surface area contributed by atoms with E-state index in [2.05, 4.69) is 31.0 Å². The summed E-state index contributed by atoms with van der Waals surface area (Å²) in [6, 6.07) is 2.40. The first kappa shape index (κ1) is 12.9. The Labute approximate surface area is 113 Å². The molecule has 3 fully saturated rings. The average molecular weight is 250 g/mol. The van der Waals surface area contributed by atoms with Gasteiger partial charge in [0.1, 0.15) is 0 Å². The van der Waals surface area contributed by atoms with Gasteiger partial charge in [-0.2, -0.15) is 0 Å². The number of hydrogen-bond donors (Lipinski definition) is 1. The minimum Gasteiger partial charge on any atom is -0.311 e. The third-order valence-corrected chi connectivity index (χ3v) is 6.11. The molecule has 18 heavy (non-hydrogen) atoms. The highest BCUT2D eigenvalue weighted by Crippen LogP contribution is 2.47. The fraction of sp³-hybridized carbons (Fsp3) is 1.00. The first-order valence-corrected chi connectivity index (χ1v) is 8.18. The Hall–Kier alpha value is -0.0800. The van der Waals surface area contributed by atoms with E-state index < -0.39 is 0 Å². The van der Waals surface area contributed by atoms with Gasteiger partial charge in [0.2, 0.25) is 0 Å². The van der Waals surface area contributed by atoms with E-state index in [1.807, 2.05) is 0 Å². The molecule has 0 aromatic heterocycles. The average Bonchev–Trinajstić information content (AvgIpc) is 3.00. The van der Waals surface area contributed by atoms with Gasteiger partial charge in [-0.1, -0.05) is 26.7 Å². The van der Waals surface area contributed by atoms with Crippen LogP contribution < -0.4 is 5.32 Å². The van der Waals surface area contributed by atoms with E-state index in [1.165, 1.54) is 45.2 Å². The molecule has 104 valence electrons. The minimum atomic E-state index is 0.727. The second-order valence-corrected chi connectivity index (χ2v) is 7.19. The summed E-state index contributed by atoms with van der Waals surface area (Å²) >= 11 is 0. The van der Waals surface area contributed by atoms with Crippen molar-refractivity contribution in [2.24, 2.45) is 17.8 Å². The van der Waals surface area contributed by atoms with Crippen molar-refractivity contribution < 1.29 is 0 Å². The topological polar surface area (TPSA) is 15.3 Å². The van der Waals surface area contributed by atoms with E-state index in [1.54, 1.807) is 0 Å². The Morgan fingerprint density at radius 2 is 2.11 bits per heavy atom. The third-order valence-electron chi connectivity index (χ3n) is 6.11. The maximum Gasteiger partial charge on any atom is 0.0221 e. The minimum absolute atomic E-state index is 0.727. The summed E-state index contributed by atoms with van der Waals surface area (Å²) in [5.74, 6) is 2.93. The van der Waals surface area contributed by atoms with E-state index in [0.29, 0.717) is 0 Å². The van der Waals surface area contributed by atoms with Crippen LogP contribution >= 0.6 is 0 Å². The smallest absolute Gasteiger partial charge is 0.0221 e. The fourth-order valence-electron chi connectivity index (χ4n) is 4.66. The van der Waals surface area contributed by atoms with Crippen molar-refractivity contribution in [3.8, 4) is 0 Å². The molecule has 0 radical (unpaired) electrons. The molecule has 2 nitrogen and oxygen atoms in total. The summed E-state index contributed by atoms with van der Waals surface area (Å²) in [5, 5.41) is 3.78. The maximum atomic E-state index is 3.78. The molecule has 0 aromatic carbocycles. The monoisotopic (exact) mass is 250 g/mol. The predicted octanol–water partition coefficient (Wildman–Crippen LogP) is 2.88. The maximum absolute atomic E-state index is 3.78. The van der Waals surface area contributed by atoms with E-state index in [0.717, 1.165) is 35.9 Å². The van der Waals surface area contributed by atoms with Crippen LogP contribution in [-0.4, -0.2) is 36.1 Å². The Morgan fingerprint density at radius 1 is 1.28 bits per heavy atom. The van der Waals surface area contributed by atoms with E-state index in [4.69, 9.17) is 0 Å². The largest absolute Gasteiger partial charge is 0.311 e. The molecule has 2 saturated carbocycles. The molecule has 3 rings (SSSR count). The summed E-state index contributed by atoms with van der Waals surface area (Å²) < 4.78 is 0. The normalized spacial score (nSPS) is 46.5. The van der Waals surface area contributed by atoms with Gasteiger partial charge >= 0.3 is 0 Å². The van der Waals surface area contributed by atoms with Gasteiger partial charge in [0.05, 0.1) is 0 Å². The van der Waals surface area contributed by atoms with Crippen LogP contribution in [0.5, 0.6) is 0 Å². The Morgan fingerprint density at radius 3 is 2.72 bits per heavy atom. The molecule has 1 N–H and O–H groups in total. The highest BCUT2D eigenvalue weighted by molar-refractivity contribution is 4.99. The lowest BCUT2D eigenvalue weighted by Gasteiger charge is -2.46. The van der Waals surface area contributed by atoms with E-state index in [9.17, 15) is 0 Å². The van der Waals surface area contributed by atoms with Gasteiger partial charge in [-0.05, 0) is 43.9 Å². The third kappa shape index (κ3) is 2.22. The fourth-order valence-corrected chi connectivity index (χ4v) is 4.66. The number of nitrogens with zero attached hydrogens (tertiary/aromatic N) is 1. The second-order valence-electron chi connectivity index (χ2n) is 7.19. The molecular weight excluding hydrogens is 220 g/mol. The molecule has 2 heteroatoms. The van der Waals surface area contributed by atoms with E-state index >= 15 is 0 Å². The van der Waals surface area contributed by atoms with Crippen LogP contribution in [0.3, 0.4) is 0 Å². The summed E-state index contributed by atoms with van der Waals surface area (Å²) in [7, 11) is 0. The number of nitrogens with one attached hydrogen (secondary N) is 1. The Balaban J connectivity index is 1.66. The van der Waals surface area contributed by atoms with Crippen molar-refractivity contribution in [2.75, 3.05) is 13.1 Å². The number of piperazine rings is 1. The SMILES string of the molecule is CCC(C)C1CN(C2CC3CCC2C3)C(C)CN1. The van der Waals surface area contributed by atoms with Gasteiger partial charge in [-0.3, -0.25) is 4.90 Å². The van der Waals surface area contributed by atoms with Crippen LogP contribution in [-0.2, 0) is 0 Å². The van der Waals surface area contributed by atoms with Crippen LogP contribution in [0.2, 0.25) is 0 Å². The van der Waals surface area contributed by atoms with Gasteiger partial charge in [-0.25, -0.2) is 0 Å². The van der Waals surface area contributed by atoms with Crippen molar-refractivity contribution in [3.63, 3.8) is 0 Å². The predicted molar refractivity (Wildman–Crippen MR) is 76.6 cm³/mol. The van der Waals surface area contributed by atoms with Gasteiger partial charge < -0.3 is 5.32 Å². The molecule has 3 aliphatic rings.